The van der Waals surface area contributed by atoms with Crippen molar-refractivity contribution in [1.29, 1.82) is 0 Å². The fourth-order valence-electron chi connectivity index (χ4n) is 3.88. The molecule has 0 radical (unpaired) electrons. The SMILES string of the molecule is CC[C@@H](CC[C@H](CC)NC(=O)[C@@H](NC(=O)N(C)Cc1csc(C(C)C)n1)C(C)O)NC(=O)OCC1CN=CS1. The monoisotopic (exact) mass is 584 g/mol. The lowest BCUT2D eigenvalue weighted by Crippen LogP contribution is -2.56. The number of aliphatic hydroxyl groups is 1. The van der Waals surface area contributed by atoms with Gasteiger partial charge in [0.25, 0.3) is 0 Å². The number of alkyl carbamates (subject to hydrolysis) is 1. The molecule has 4 N–H and O–H groups in total. The van der Waals surface area contributed by atoms with E-state index in [1.807, 2.05) is 19.2 Å². The molecule has 0 fully saturated rings. The highest BCUT2D eigenvalue weighted by Crippen LogP contribution is 2.20. The predicted octanol–water partition coefficient (Wildman–Crippen LogP) is 3.48. The van der Waals surface area contributed by atoms with Crippen LogP contribution in [0.15, 0.2) is 10.4 Å². The molecule has 0 aromatic carbocycles. The summed E-state index contributed by atoms with van der Waals surface area (Å²) in [5.41, 5.74) is 2.55. The first kappa shape index (κ1) is 32.8. The van der Waals surface area contributed by atoms with Gasteiger partial charge >= 0.3 is 12.1 Å². The van der Waals surface area contributed by atoms with E-state index in [2.05, 4.69) is 39.8 Å². The second-order valence-electron chi connectivity index (χ2n) is 10.1. The molecule has 220 valence electrons. The first-order valence-electron chi connectivity index (χ1n) is 13.5. The van der Waals surface area contributed by atoms with Gasteiger partial charge in [0.05, 0.1) is 40.7 Å². The van der Waals surface area contributed by atoms with Gasteiger partial charge in [-0.25, -0.2) is 14.6 Å². The lowest BCUT2D eigenvalue weighted by atomic mass is 10.0. The van der Waals surface area contributed by atoms with Crippen LogP contribution in [0.3, 0.4) is 0 Å². The molecule has 1 aromatic rings. The van der Waals surface area contributed by atoms with Gasteiger partial charge in [-0.15, -0.1) is 23.1 Å². The topological polar surface area (TPSA) is 145 Å². The maximum atomic E-state index is 13.0. The van der Waals surface area contributed by atoms with E-state index in [1.165, 1.54) is 11.8 Å². The number of rotatable bonds is 15. The maximum absolute atomic E-state index is 13.0. The van der Waals surface area contributed by atoms with Gasteiger partial charge in [0.1, 0.15) is 12.6 Å². The lowest BCUT2D eigenvalue weighted by Gasteiger charge is -2.27. The average molecular weight is 585 g/mol. The van der Waals surface area contributed by atoms with Crippen LogP contribution >= 0.6 is 23.1 Å². The van der Waals surface area contributed by atoms with Crippen molar-refractivity contribution in [2.24, 2.45) is 4.99 Å². The third-order valence-electron chi connectivity index (χ3n) is 6.41. The summed E-state index contributed by atoms with van der Waals surface area (Å²) >= 11 is 3.11. The zero-order valence-corrected chi connectivity index (χ0v) is 25.4. The molecule has 13 heteroatoms. The molecule has 2 heterocycles. The summed E-state index contributed by atoms with van der Waals surface area (Å²) in [6, 6.07) is -1.86. The van der Waals surface area contributed by atoms with Gasteiger partial charge in [-0.2, -0.15) is 0 Å². The molecule has 2 unspecified atom stereocenters. The second kappa shape index (κ2) is 16.7. The van der Waals surface area contributed by atoms with E-state index in [9.17, 15) is 19.5 Å². The Kier molecular flexibility index (Phi) is 14.0. The highest BCUT2D eigenvalue weighted by Gasteiger charge is 2.29. The minimum absolute atomic E-state index is 0.0984. The first-order valence-corrected chi connectivity index (χ1v) is 15.4. The Morgan fingerprint density at radius 1 is 1.13 bits per heavy atom. The Balaban J connectivity index is 1.83. The molecular weight excluding hydrogens is 540 g/mol. The Morgan fingerprint density at radius 2 is 1.79 bits per heavy atom. The van der Waals surface area contributed by atoms with Gasteiger partial charge in [0.15, 0.2) is 0 Å². The molecule has 39 heavy (non-hydrogen) atoms. The number of amides is 4. The number of thioether (sulfide) groups is 1. The summed E-state index contributed by atoms with van der Waals surface area (Å²) in [5.74, 6) is -0.141. The molecule has 11 nitrogen and oxygen atoms in total. The van der Waals surface area contributed by atoms with Gasteiger partial charge in [-0.1, -0.05) is 27.7 Å². The number of nitrogens with one attached hydrogen (secondary N) is 3. The van der Waals surface area contributed by atoms with E-state index in [0.29, 0.717) is 44.9 Å². The van der Waals surface area contributed by atoms with E-state index >= 15 is 0 Å². The number of urea groups is 1. The number of aliphatic imine (C=N–C) groups is 1. The van der Waals surface area contributed by atoms with Crippen molar-refractivity contribution in [3.05, 3.63) is 16.1 Å². The second-order valence-corrected chi connectivity index (χ2v) is 12.2. The standard InChI is InChI=1S/C26H44N6O5S2/c1-7-18(9-10-19(8-2)30-26(36)37-13-21-11-27-15-39-21)28-23(34)22(17(5)33)31-25(35)32(6)12-20-14-38-24(29-20)16(3)4/h14-19,21-22,33H,7-13H2,1-6H3,(H,28,34)(H,30,36)(H,31,35)/t17?,18-,19-,21?,22-/m0/s1. The largest absolute Gasteiger partial charge is 0.448 e. The van der Waals surface area contributed by atoms with Crippen LogP contribution in [0.2, 0.25) is 0 Å². The van der Waals surface area contributed by atoms with Crippen LogP contribution < -0.4 is 16.0 Å². The summed E-state index contributed by atoms with van der Waals surface area (Å²) in [6.45, 7) is 10.8. The molecule has 1 aliphatic rings. The Morgan fingerprint density at radius 3 is 2.33 bits per heavy atom. The van der Waals surface area contributed by atoms with Gasteiger partial charge in [-0.3, -0.25) is 9.79 Å². The Hall–Kier alpha value is -2.38. The van der Waals surface area contributed by atoms with E-state index in [4.69, 9.17) is 4.74 Å². The number of hydrogen-bond donors (Lipinski definition) is 4. The van der Waals surface area contributed by atoms with Crippen molar-refractivity contribution in [2.75, 3.05) is 20.2 Å². The number of carbonyl (C=O) groups excluding carboxylic acids is 3. The molecule has 1 aromatic heterocycles. The first-order chi connectivity index (χ1) is 18.5. The Labute approximate surface area is 239 Å². The highest BCUT2D eigenvalue weighted by atomic mass is 32.2. The third-order valence-corrected chi connectivity index (χ3v) is 8.54. The van der Waals surface area contributed by atoms with Crippen molar-refractivity contribution in [3.63, 3.8) is 0 Å². The molecule has 2 rings (SSSR count). The zero-order valence-electron chi connectivity index (χ0n) is 23.8. The van der Waals surface area contributed by atoms with Crippen molar-refractivity contribution in [1.82, 2.24) is 25.8 Å². The summed E-state index contributed by atoms with van der Waals surface area (Å²) in [7, 11) is 1.62. The van der Waals surface area contributed by atoms with Crippen LogP contribution in [0.4, 0.5) is 9.59 Å². The van der Waals surface area contributed by atoms with E-state index in [0.717, 1.165) is 17.1 Å². The Bertz CT molecular complexity index is 949. The number of nitrogens with zero attached hydrogens (tertiary/aromatic N) is 3. The fourth-order valence-corrected chi connectivity index (χ4v) is 5.36. The third kappa shape index (κ3) is 11.3. The summed E-state index contributed by atoms with van der Waals surface area (Å²) in [5, 5.41) is 21.9. The molecule has 1 aliphatic heterocycles. The quantitative estimate of drug-likeness (QED) is 0.247. The fraction of sp³-hybridized carbons (Fsp3) is 0.731. The van der Waals surface area contributed by atoms with Gasteiger partial charge < -0.3 is 30.7 Å². The van der Waals surface area contributed by atoms with Gasteiger partial charge in [0, 0.05) is 30.4 Å². The summed E-state index contributed by atoms with van der Waals surface area (Å²) in [6.07, 6.45) is 1.10. The minimum Gasteiger partial charge on any atom is -0.448 e. The van der Waals surface area contributed by atoms with Crippen LogP contribution in [0.5, 0.6) is 0 Å². The number of carbonyl (C=O) groups is 3. The number of thiazole rings is 1. The smallest absolute Gasteiger partial charge is 0.407 e. The van der Waals surface area contributed by atoms with Crippen LogP contribution in [0.25, 0.3) is 0 Å². The van der Waals surface area contributed by atoms with E-state index in [1.54, 1.807) is 35.7 Å². The van der Waals surface area contributed by atoms with Crippen LogP contribution in [0.1, 0.15) is 76.9 Å². The summed E-state index contributed by atoms with van der Waals surface area (Å²) in [4.78, 5) is 48.1. The number of hydrogen-bond acceptors (Lipinski definition) is 9. The van der Waals surface area contributed by atoms with E-state index in [-0.39, 0.29) is 17.3 Å². The van der Waals surface area contributed by atoms with Crippen LogP contribution in [-0.4, -0.2) is 88.2 Å². The van der Waals surface area contributed by atoms with Crippen molar-refractivity contribution in [2.45, 2.75) is 102 Å². The van der Waals surface area contributed by atoms with Crippen LogP contribution in [0, 0.1) is 0 Å². The van der Waals surface area contributed by atoms with Gasteiger partial charge in [-0.05, 0) is 32.6 Å². The highest BCUT2D eigenvalue weighted by molar-refractivity contribution is 8.12. The molecule has 0 bridgehead atoms. The van der Waals surface area contributed by atoms with Crippen LogP contribution in [-0.2, 0) is 16.1 Å². The summed E-state index contributed by atoms with van der Waals surface area (Å²) < 4.78 is 5.32. The van der Waals surface area contributed by atoms with Gasteiger partial charge in [0.2, 0.25) is 5.91 Å². The number of aliphatic hydroxyl groups excluding tert-OH is 1. The molecule has 0 saturated heterocycles. The molecule has 0 aliphatic carbocycles. The molecule has 0 saturated carbocycles. The predicted molar refractivity (Wildman–Crippen MR) is 156 cm³/mol. The van der Waals surface area contributed by atoms with Crippen molar-refractivity contribution >= 4 is 46.7 Å². The number of ether oxygens (including phenoxy) is 1. The normalized spacial score (nSPS) is 17.8. The van der Waals surface area contributed by atoms with Crippen molar-refractivity contribution < 1.29 is 24.2 Å². The molecule has 4 amide bonds. The zero-order chi connectivity index (χ0) is 28.9. The molecule has 0 spiro atoms. The number of aromatic nitrogens is 1. The van der Waals surface area contributed by atoms with Crippen molar-refractivity contribution in [3.8, 4) is 0 Å². The average Bonchev–Trinajstić information content (AvgIpc) is 3.59. The lowest BCUT2D eigenvalue weighted by molar-refractivity contribution is -0.126. The minimum atomic E-state index is -1.11. The van der Waals surface area contributed by atoms with E-state index < -0.39 is 30.2 Å². The maximum Gasteiger partial charge on any atom is 0.407 e. The molecule has 5 atom stereocenters. The molecular formula is C26H44N6O5S2.